The Hall–Kier alpha value is -1.88. The maximum atomic E-state index is 11.4. The molecule has 130 valence electrons. The molecule has 1 aromatic rings. The molecule has 2 N–H and O–H groups in total. The first-order chi connectivity index (χ1) is 11.0. The van der Waals surface area contributed by atoms with Crippen molar-refractivity contribution in [3.05, 3.63) is 46.5 Å². The van der Waals surface area contributed by atoms with Gasteiger partial charge in [-0.1, -0.05) is 12.5 Å². The minimum Gasteiger partial charge on any atom is -0.282 e. The fourth-order valence-electron chi connectivity index (χ4n) is 2.29. The van der Waals surface area contributed by atoms with E-state index in [-0.39, 0.29) is 15.7 Å². The Balaban J connectivity index is 2.31. The summed E-state index contributed by atoms with van der Waals surface area (Å²) in [6.45, 7) is 3.47. The maximum absolute atomic E-state index is 11.4. The predicted molar refractivity (Wildman–Crippen MR) is 86.9 cm³/mol. The number of nitrogens with zero attached hydrogens (tertiary/aromatic N) is 2. The van der Waals surface area contributed by atoms with E-state index in [2.05, 4.69) is 10.2 Å². The van der Waals surface area contributed by atoms with Gasteiger partial charge in [0.2, 0.25) is 0 Å². The summed E-state index contributed by atoms with van der Waals surface area (Å²) in [6.07, 6.45) is 1.69. The van der Waals surface area contributed by atoms with Crippen LogP contribution >= 0.6 is 0 Å². The van der Waals surface area contributed by atoms with Crippen LogP contribution in [0.15, 0.2) is 61.6 Å². The van der Waals surface area contributed by atoms with Crippen LogP contribution in [0.1, 0.15) is 20.3 Å². The van der Waals surface area contributed by atoms with Crippen molar-refractivity contribution in [2.75, 3.05) is 0 Å². The van der Waals surface area contributed by atoms with Gasteiger partial charge in [0.1, 0.15) is 0 Å². The lowest BCUT2D eigenvalue weighted by molar-refractivity contribution is 0.482. The summed E-state index contributed by atoms with van der Waals surface area (Å²) in [5.41, 5.74) is 1.25. The second-order valence-corrected chi connectivity index (χ2v) is 8.27. The van der Waals surface area contributed by atoms with Gasteiger partial charge < -0.3 is 0 Å². The van der Waals surface area contributed by atoms with E-state index in [0.29, 0.717) is 23.4 Å². The van der Waals surface area contributed by atoms with Crippen molar-refractivity contribution in [2.45, 2.75) is 25.2 Å². The molecule has 0 saturated carbocycles. The molecule has 0 radical (unpaired) electrons. The summed E-state index contributed by atoms with van der Waals surface area (Å²) in [5, 5.41) is 7.92. The Morgan fingerprint density at radius 1 is 1.00 bits per heavy atom. The Labute approximate surface area is 140 Å². The molecule has 24 heavy (non-hydrogen) atoms. The molecule has 0 aromatic heterocycles. The number of rotatable bonds is 4. The van der Waals surface area contributed by atoms with E-state index in [4.69, 9.17) is 4.55 Å². The van der Waals surface area contributed by atoms with Gasteiger partial charge in [-0.05, 0) is 43.7 Å². The zero-order chi connectivity index (χ0) is 18.1. The molecule has 8 nitrogen and oxygen atoms in total. The number of hydrogen-bond acceptors (Lipinski definition) is 6. The van der Waals surface area contributed by atoms with Gasteiger partial charge in [-0.3, -0.25) is 9.11 Å². The maximum Gasteiger partial charge on any atom is 0.294 e. The molecule has 1 aliphatic rings. The standard InChI is InChI=1S/C14H16N2O6S2/c1-9-7-10(2)14(24(20,21)22)8-13(9)16-15-11-3-5-12(6-4-11)23(17,18)19/h3-6,8-9H,7H2,1-2H3,(H,17,18,19)(H,20,21,22). The first kappa shape index (κ1) is 18.5. The third kappa shape index (κ3) is 4.35. The van der Waals surface area contributed by atoms with Crippen molar-refractivity contribution in [3.63, 3.8) is 0 Å². The Bertz CT molecular complexity index is 941. The van der Waals surface area contributed by atoms with Crippen molar-refractivity contribution in [1.82, 2.24) is 0 Å². The highest BCUT2D eigenvalue weighted by Gasteiger charge is 2.24. The van der Waals surface area contributed by atoms with E-state index in [0.717, 1.165) is 0 Å². The molecule has 0 heterocycles. The van der Waals surface area contributed by atoms with Crippen LogP contribution in [-0.2, 0) is 20.2 Å². The largest absolute Gasteiger partial charge is 0.294 e. The zero-order valence-corrected chi connectivity index (χ0v) is 14.5. The third-order valence-electron chi connectivity index (χ3n) is 3.51. The van der Waals surface area contributed by atoms with Crippen LogP contribution in [0.3, 0.4) is 0 Å². The van der Waals surface area contributed by atoms with Crippen molar-refractivity contribution >= 4 is 25.9 Å². The van der Waals surface area contributed by atoms with Crippen molar-refractivity contribution < 1.29 is 25.9 Å². The van der Waals surface area contributed by atoms with Crippen LogP contribution in [0.2, 0.25) is 0 Å². The summed E-state index contributed by atoms with van der Waals surface area (Å²) in [5.74, 6) is -0.0867. The molecule has 0 spiro atoms. The topological polar surface area (TPSA) is 133 Å². The van der Waals surface area contributed by atoms with E-state index in [1.54, 1.807) is 6.92 Å². The van der Waals surface area contributed by atoms with Crippen LogP contribution in [0, 0.1) is 5.92 Å². The van der Waals surface area contributed by atoms with Gasteiger partial charge in [0.15, 0.2) is 0 Å². The van der Waals surface area contributed by atoms with Gasteiger partial charge in [-0.15, -0.1) is 0 Å². The summed E-state index contributed by atoms with van der Waals surface area (Å²) in [4.78, 5) is -0.449. The van der Waals surface area contributed by atoms with Crippen LogP contribution in [0.4, 0.5) is 5.69 Å². The molecule has 0 amide bonds. The number of azo groups is 1. The number of hydrogen-bond donors (Lipinski definition) is 2. The molecule has 0 fully saturated rings. The number of allylic oxidation sites excluding steroid dienone is 3. The molecule has 1 unspecified atom stereocenters. The smallest absolute Gasteiger partial charge is 0.282 e. The molecule has 0 bridgehead atoms. The molecule has 2 rings (SSSR count). The van der Waals surface area contributed by atoms with E-state index in [1.165, 1.54) is 30.3 Å². The second-order valence-electron chi connectivity index (χ2n) is 5.46. The average molecular weight is 372 g/mol. The molecule has 1 aliphatic carbocycles. The van der Waals surface area contributed by atoms with Crippen LogP contribution in [0.5, 0.6) is 0 Å². The van der Waals surface area contributed by atoms with E-state index >= 15 is 0 Å². The summed E-state index contributed by atoms with van der Waals surface area (Å²) in [6, 6.07) is 5.06. The Kier molecular flexibility index (Phi) is 5.04. The quantitative estimate of drug-likeness (QED) is 0.616. The fourth-order valence-corrected chi connectivity index (χ4v) is 3.56. The minimum absolute atomic E-state index is 0.0867. The lowest BCUT2D eigenvalue weighted by Gasteiger charge is -2.19. The molecule has 0 saturated heterocycles. The molecular formula is C14H16N2O6S2. The molecule has 0 aliphatic heterocycles. The highest BCUT2D eigenvalue weighted by molar-refractivity contribution is 7.90. The van der Waals surface area contributed by atoms with Gasteiger partial charge in [-0.2, -0.15) is 27.1 Å². The minimum atomic E-state index is -4.33. The molecular weight excluding hydrogens is 356 g/mol. The summed E-state index contributed by atoms with van der Waals surface area (Å²) >= 11 is 0. The van der Waals surface area contributed by atoms with Crippen molar-refractivity contribution in [2.24, 2.45) is 16.1 Å². The SMILES string of the molecule is CC1=C(S(=O)(=O)O)C=C(N=Nc2ccc(S(=O)(=O)O)cc2)C(C)C1. The summed E-state index contributed by atoms with van der Waals surface area (Å²) in [7, 11) is -8.61. The van der Waals surface area contributed by atoms with E-state index < -0.39 is 20.2 Å². The molecule has 1 atom stereocenters. The van der Waals surface area contributed by atoms with Gasteiger partial charge in [0, 0.05) is 5.92 Å². The zero-order valence-electron chi connectivity index (χ0n) is 12.9. The first-order valence-electron chi connectivity index (χ1n) is 6.86. The molecule has 10 heteroatoms. The lowest BCUT2D eigenvalue weighted by Crippen LogP contribution is -2.11. The first-order valence-corrected chi connectivity index (χ1v) is 9.74. The van der Waals surface area contributed by atoms with E-state index in [1.807, 2.05) is 6.92 Å². The van der Waals surface area contributed by atoms with Gasteiger partial charge in [0.25, 0.3) is 20.2 Å². The van der Waals surface area contributed by atoms with Gasteiger partial charge in [0.05, 0.1) is 21.2 Å². The highest BCUT2D eigenvalue weighted by atomic mass is 32.2. The normalized spacial score (nSPS) is 19.7. The summed E-state index contributed by atoms with van der Waals surface area (Å²) < 4.78 is 62.8. The van der Waals surface area contributed by atoms with Crippen LogP contribution < -0.4 is 0 Å². The van der Waals surface area contributed by atoms with Crippen molar-refractivity contribution in [1.29, 1.82) is 0 Å². The fraction of sp³-hybridized carbons (Fsp3) is 0.286. The van der Waals surface area contributed by atoms with Crippen molar-refractivity contribution in [3.8, 4) is 0 Å². The third-order valence-corrected chi connectivity index (χ3v) is 5.40. The van der Waals surface area contributed by atoms with Gasteiger partial charge >= 0.3 is 0 Å². The Morgan fingerprint density at radius 3 is 2.08 bits per heavy atom. The molecule has 1 aromatic carbocycles. The van der Waals surface area contributed by atoms with Crippen LogP contribution in [0.25, 0.3) is 0 Å². The van der Waals surface area contributed by atoms with Crippen LogP contribution in [-0.4, -0.2) is 25.9 Å². The Morgan fingerprint density at radius 2 is 1.58 bits per heavy atom. The predicted octanol–water partition coefficient (Wildman–Crippen LogP) is 3.10. The highest BCUT2D eigenvalue weighted by Crippen LogP contribution is 2.32. The lowest BCUT2D eigenvalue weighted by atomic mass is 9.94. The van der Waals surface area contributed by atoms with Gasteiger partial charge in [-0.25, -0.2) is 0 Å². The average Bonchev–Trinajstić information content (AvgIpc) is 2.44. The second kappa shape index (κ2) is 6.55. The number of benzene rings is 1. The van der Waals surface area contributed by atoms with E-state index in [9.17, 15) is 21.4 Å². The monoisotopic (exact) mass is 372 g/mol.